The van der Waals surface area contributed by atoms with Crippen LogP contribution in [-0.2, 0) is 4.79 Å². The molecule has 0 saturated heterocycles. The molecule has 0 aromatic carbocycles. The topological polar surface area (TPSA) is 86.1 Å². The van der Waals surface area contributed by atoms with Crippen molar-refractivity contribution in [2.75, 3.05) is 0 Å². The Labute approximate surface area is 83.9 Å². The molecule has 1 N–H and O–H groups in total. The summed E-state index contributed by atoms with van der Waals surface area (Å²) in [7, 11) is 0. The van der Waals surface area contributed by atoms with Crippen LogP contribution in [0.4, 0.5) is 0 Å². The molecule has 0 saturated carbocycles. The van der Waals surface area contributed by atoms with E-state index in [4.69, 9.17) is 10.6 Å². The van der Waals surface area contributed by atoms with Crippen LogP contribution < -0.4 is 0 Å². The first-order valence-corrected chi connectivity index (χ1v) is 4.56. The SMILES string of the molecule is Cc1cc(C=C(N=[N+]=[N-])C(=O)O)cs1. The molecule has 0 spiro atoms. The van der Waals surface area contributed by atoms with Crippen LogP contribution in [0.1, 0.15) is 10.4 Å². The molecule has 14 heavy (non-hydrogen) atoms. The van der Waals surface area contributed by atoms with E-state index in [1.165, 1.54) is 17.4 Å². The van der Waals surface area contributed by atoms with Gasteiger partial charge in [-0.3, -0.25) is 0 Å². The first-order chi connectivity index (χ1) is 6.63. The van der Waals surface area contributed by atoms with Gasteiger partial charge in [0, 0.05) is 9.79 Å². The maximum Gasteiger partial charge on any atom is 0.338 e. The summed E-state index contributed by atoms with van der Waals surface area (Å²) in [6.07, 6.45) is 1.34. The zero-order valence-electron chi connectivity index (χ0n) is 7.34. The van der Waals surface area contributed by atoms with Crippen molar-refractivity contribution in [1.82, 2.24) is 0 Å². The number of nitrogens with zero attached hydrogens (tertiary/aromatic N) is 3. The molecule has 0 unspecified atom stereocenters. The van der Waals surface area contributed by atoms with Gasteiger partial charge >= 0.3 is 5.97 Å². The summed E-state index contributed by atoms with van der Waals surface area (Å²) in [4.78, 5) is 14.1. The Morgan fingerprint density at radius 1 is 1.79 bits per heavy atom. The number of aliphatic carboxylic acids is 1. The predicted molar refractivity (Wildman–Crippen MR) is 53.8 cm³/mol. The first-order valence-electron chi connectivity index (χ1n) is 3.68. The molecule has 0 aliphatic carbocycles. The van der Waals surface area contributed by atoms with Gasteiger partial charge in [0.1, 0.15) is 5.70 Å². The lowest BCUT2D eigenvalue weighted by Crippen LogP contribution is -1.96. The van der Waals surface area contributed by atoms with Crippen LogP contribution in [0.3, 0.4) is 0 Å². The van der Waals surface area contributed by atoms with Gasteiger partial charge in [0.25, 0.3) is 0 Å². The average Bonchev–Trinajstić information content (AvgIpc) is 2.50. The van der Waals surface area contributed by atoms with Crippen LogP contribution in [0.25, 0.3) is 16.5 Å². The summed E-state index contributed by atoms with van der Waals surface area (Å²) in [5, 5.41) is 13.5. The third kappa shape index (κ3) is 2.62. The second-order valence-corrected chi connectivity index (χ2v) is 3.63. The predicted octanol–water partition coefficient (Wildman–Crippen LogP) is 2.79. The van der Waals surface area contributed by atoms with Crippen molar-refractivity contribution in [3.8, 4) is 0 Å². The van der Waals surface area contributed by atoms with Gasteiger partial charge < -0.3 is 5.11 Å². The summed E-state index contributed by atoms with van der Waals surface area (Å²) in [5.41, 5.74) is 8.56. The number of carboxylic acid groups (broad SMARTS) is 1. The molecule has 1 rings (SSSR count). The molecule has 6 heteroatoms. The van der Waals surface area contributed by atoms with Crippen molar-refractivity contribution >= 4 is 23.4 Å². The molecule has 0 radical (unpaired) electrons. The Morgan fingerprint density at radius 2 is 2.50 bits per heavy atom. The Balaban J connectivity index is 3.04. The molecule has 0 aliphatic heterocycles. The second kappa shape index (κ2) is 4.45. The van der Waals surface area contributed by atoms with Crippen LogP contribution >= 0.6 is 11.3 Å². The van der Waals surface area contributed by atoms with E-state index in [0.717, 1.165) is 10.4 Å². The minimum atomic E-state index is -1.23. The minimum absolute atomic E-state index is 0.301. The Morgan fingerprint density at radius 3 is 2.93 bits per heavy atom. The summed E-state index contributed by atoms with van der Waals surface area (Å²) in [6, 6.07) is 1.82. The van der Waals surface area contributed by atoms with Crippen molar-refractivity contribution < 1.29 is 9.90 Å². The van der Waals surface area contributed by atoms with E-state index in [1.54, 1.807) is 5.38 Å². The highest BCUT2D eigenvalue weighted by molar-refractivity contribution is 7.10. The molecule has 0 aliphatic rings. The number of rotatable bonds is 3. The van der Waals surface area contributed by atoms with Gasteiger partial charge in [0.2, 0.25) is 0 Å². The zero-order chi connectivity index (χ0) is 10.6. The van der Waals surface area contributed by atoms with Crippen LogP contribution in [0.15, 0.2) is 22.3 Å². The molecular formula is C8H7N3O2S. The monoisotopic (exact) mass is 209 g/mol. The smallest absolute Gasteiger partial charge is 0.338 e. The summed E-state index contributed by atoms with van der Waals surface area (Å²) in [6.45, 7) is 1.91. The number of thiophene rings is 1. The van der Waals surface area contributed by atoms with Gasteiger partial charge in [-0.05, 0) is 35.5 Å². The van der Waals surface area contributed by atoms with E-state index < -0.39 is 5.97 Å². The van der Waals surface area contributed by atoms with Crippen molar-refractivity contribution in [3.05, 3.63) is 38.0 Å². The fraction of sp³-hybridized carbons (Fsp3) is 0.125. The number of hydrogen-bond acceptors (Lipinski definition) is 3. The maximum absolute atomic E-state index is 10.6. The molecular weight excluding hydrogens is 202 g/mol. The van der Waals surface area contributed by atoms with Crippen LogP contribution in [-0.4, -0.2) is 11.1 Å². The minimum Gasteiger partial charge on any atom is -0.478 e. The van der Waals surface area contributed by atoms with Crippen molar-refractivity contribution in [3.63, 3.8) is 0 Å². The molecule has 0 atom stereocenters. The summed E-state index contributed by atoms with van der Waals surface area (Å²) < 4.78 is 0. The summed E-state index contributed by atoms with van der Waals surface area (Å²) >= 11 is 1.50. The van der Waals surface area contributed by atoms with Gasteiger partial charge in [-0.25, -0.2) is 4.79 Å². The molecule has 1 aromatic heterocycles. The number of azide groups is 1. The number of carboxylic acids is 1. The summed E-state index contributed by atoms with van der Waals surface area (Å²) in [5.74, 6) is -1.23. The fourth-order valence-corrected chi connectivity index (χ4v) is 1.54. The Bertz CT molecular complexity index is 426. The fourth-order valence-electron chi connectivity index (χ4n) is 0.879. The van der Waals surface area contributed by atoms with Gasteiger partial charge in [0.05, 0.1) is 0 Å². The Hall–Kier alpha value is -1.78. The molecule has 0 bridgehead atoms. The zero-order valence-corrected chi connectivity index (χ0v) is 8.15. The van der Waals surface area contributed by atoms with Gasteiger partial charge in [0.15, 0.2) is 0 Å². The third-order valence-corrected chi connectivity index (χ3v) is 2.31. The lowest BCUT2D eigenvalue weighted by atomic mass is 10.2. The van der Waals surface area contributed by atoms with E-state index in [-0.39, 0.29) is 5.70 Å². The van der Waals surface area contributed by atoms with E-state index in [0.29, 0.717) is 0 Å². The molecule has 5 nitrogen and oxygen atoms in total. The van der Waals surface area contributed by atoms with Crippen molar-refractivity contribution in [2.24, 2.45) is 5.11 Å². The third-order valence-electron chi connectivity index (χ3n) is 1.43. The van der Waals surface area contributed by atoms with Gasteiger partial charge in [-0.2, -0.15) is 0 Å². The highest BCUT2D eigenvalue weighted by atomic mass is 32.1. The van der Waals surface area contributed by atoms with Crippen molar-refractivity contribution in [2.45, 2.75) is 6.92 Å². The van der Waals surface area contributed by atoms with Gasteiger partial charge in [-0.15, -0.1) is 11.3 Å². The molecule has 72 valence electrons. The van der Waals surface area contributed by atoms with Crippen LogP contribution in [0.2, 0.25) is 0 Å². The highest BCUT2D eigenvalue weighted by Gasteiger charge is 2.04. The lowest BCUT2D eigenvalue weighted by Gasteiger charge is -1.90. The van der Waals surface area contributed by atoms with Crippen LogP contribution in [0, 0.1) is 6.92 Å². The number of aryl methyl sites for hydroxylation is 1. The lowest BCUT2D eigenvalue weighted by molar-refractivity contribution is -0.132. The molecule has 1 aromatic rings. The highest BCUT2D eigenvalue weighted by Crippen LogP contribution is 2.16. The average molecular weight is 209 g/mol. The van der Waals surface area contributed by atoms with E-state index in [2.05, 4.69) is 10.0 Å². The number of hydrogen-bond donors (Lipinski definition) is 1. The first kappa shape index (κ1) is 10.3. The van der Waals surface area contributed by atoms with E-state index in [1.807, 2.05) is 13.0 Å². The van der Waals surface area contributed by atoms with E-state index >= 15 is 0 Å². The maximum atomic E-state index is 10.6. The molecule has 1 heterocycles. The Kier molecular flexibility index (Phi) is 3.28. The van der Waals surface area contributed by atoms with Gasteiger partial charge in [-0.1, -0.05) is 5.11 Å². The quantitative estimate of drug-likeness (QED) is 0.359. The number of carbonyl (C=O) groups is 1. The van der Waals surface area contributed by atoms with Crippen molar-refractivity contribution in [1.29, 1.82) is 0 Å². The molecule has 0 amide bonds. The second-order valence-electron chi connectivity index (χ2n) is 2.51. The molecule has 0 fully saturated rings. The standard InChI is InChI=1S/C8H7N3O2S/c1-5-2-6(4-14-5)3-7(8(12)13)10-11-9/h2-4H,1H3,(H,12,13). The largest absolute Gasteiger partial charge is 0.478 e. The van der Waals surface area contributed by atoms with E-state index in [9.17, 15) is 4.79 Å². The normalized spacial score (nSPS) is 10.8. The van der Waals surface area contributed by atoms with Crippen LogP contribution in [0.5, 0.6) is 0 Å².